The number of alkyl carbamates (subject to hydrolysis) is 1. The fourth-order valence-corrected chi connectivity index (χ4v) is 18.8. The normalized spacial score (nSPS) is 27.3. The van der Waals surface area contributed by atoms with Gasteiger partial charge in [0.15, 0.2) is 17.0 Å². The van der Waals surface area contributed by atoms with Crippen molar-refractivity contribution in [3.8, 4) is 11.3 Å². The SMILES string of the molecule is CO[C@H]1C[C@@H]2CC[C@@H](C)[C@@](O)(O2)C(=O)C(=O)N2CCCC[C@H]2C(=O)O[C@H]([C@H](C)C[C@@H]2CC[C@@H](OC(=O)NC3CCN(CC(=O)NCCOCCOCCOCCOCCOCCOCCC(=O)N4CCc5cc(Cn6nc(-c7ccc8oc(N)nc8c7)c7c(N)ncnc76)ccc5C4)CC3)[C@H](OC)C2)C[C@@H](OC)[C@H](C)/C=C(\C)[C@@H](O)[C@@H](OC)C(=O)[C@H](C)C[C@H](C)/C=C/C=CC=C1C. The van der Waals surface area contributed by atoms with Gasteiger partial charge in [-0.05, 0) is 161 Å². The van der Waals surface area contributed by atoms with E-state index in [1.54, 1.807) is 41.2 Å². The number of nitrogens with one attached hydrogen (secondary N) is 2. The van der Waals surface area contributed by atoms with Crippen molar-refractivity contribution in [2.75, 3.05) is 158 Å². The van der Waals surface area contributed by atoms with Gasteiger partial charge < -0.3 is 108 Å². The minimum absolute atomic E-state index is 0.00555. The van der Waals surface area contributed by atoms with Crippen LogP contribution in [-0.2, 0) is 110 Å². The van der Waals surface area contributed by atoms with Crippen molar-refractivity contribution in [1.82, 2.24) is 50.1 Å². The van der Waals surface area contributed by atoms with Crippen LogP contribution in [0.1, 0.15) is 161 Å². The average Bonchev–Trinajstić information content (AvgIpc) is 1.70. The van der Waals surface area contributed by atoms with Crippen LogP contribution in [0.15, 0.2) is 94.7 Å². The van der Waals surface area contributed by atoms with Crippen molar-refractivity contribution in [2.24, 2.45) is 35.5 Å². The Kier molecular flexibility index (Phi) is 40.4. The number of esters is 1. The number of nitrogen functional groups attached to an aromatic ring is 2. The molecule has 35 nitrogen and oxygen atoms in total. The number of oxazole rings is 1. The molecule has 2 bridgehead atoms. The number of nitrogens with zero attached hydrogens (tertiary/aromatic N) is 8. The van der Waals surface area contributed by atoms with Crippen molar-refractivity contribution in [2.45, 2.75) is 231 Å². The first kappa shape index (κ1) is 103. The van der Waals surface area contributed by atoms with Crippen LogP contribution < -0.4 is 22.1 Å². The van der Waals surface area contributed by atoms with Gasteiger partial charge in [-0.2, -0.15) is 10.1 Å². The number of rotatable bonds is 35. The largest absolute Gasteiger partial charge is 0.460 e. The Morgan fingerprint density at radius 1 is 0.705 bits per heavy atom. The third-order valence-electron chi connectivity index (χ3n) is 26.5. The first-order chi connectivity index (χ1) is 63.6. The summed E-state index contributed by atoms with van der Waals surface area (Å²) in [5.41, 5.74) is 20.1. The Labute approximate surface area is 774 Å². The number of methoxy groups -OCH3 is 4. The summed E-state index contributed by atoms with van der Waals surface area (Å²) >= 11 is 0. The molecule has 3 aromatic heterocycles. The summed E-state index contributed by atoms with van der Waals surface area (Å²) in [6.45, 7) is 21.0. The molecular weight excluding hydrogens is 1700 g/mol. The number of amides is 4. The molecule has 5 aromatic rings. The Balaban J connectivity index is 0.531. The van der Waals surface area contributed by atoms with E-state index in [1.165, 1.54) is 23.9 Å². The maximum Gasteiger partial charge on any atom is 0.407 e. The number of allylic oxidation sites excluding steroid dienone is 5. The van der Waals surface area contributed by atoms with Crippen LogP contribution in [0, 0.1) is 35.5 Å². The van der Waals surface area contributed by atoms with Gasteiger partial charge in [0, 0.05) is 110 Å². The first-order valence-corrected chi connectivity index (χ1v) is 47.1. The van der Waals surface area contributed by atoms with E-state index < -0.39 is 102 Å². The molecular formula is C97H142N12O23. The number of piperidine rings is 2. The first-order valence-electron chi connectivity index (χ1n) is 47.1. The van der Waals surface area contributed by atoms with E-state index in [0.717, 1.165) is 28.7 Å². The monoisotopic (exact) mass is 1840 g/mol. The standard InChI is InChI=1S/C97H142N12O23/c1-61-17-13-12-14-18-62(2)79(119-8)55-74-25-20-67(7)97(118,132-74)90(114)93(115)108-33-16-15-19-76(108)94(116)129-81(56-80(120-9)63(3)50-66(6)88(113)89(122-11)87(112)65(5)49-61)64(4)51-68-22-26-78(82(53-68)121-10)131-96(117)103-73-29-34-106(35-30-73)59-83(110)100-32-38-124-40-42-126-44-46-128-48-47-127-45-43-125-41-39-123-37-31-84(111)107-36-28-70-52-69(21-23-72(70)58-107)57-109-92-85(91(98)101-60-102-92)86(105-109)71-24-27-77-75(54-71)104-95(99)130-77/h12-14,17-18,21,23-24,27,50,52,54,60-61,63-65,67-68,73-74,76,78-82,88-89,113,118H,15-16,19-20,22,25-26,28-49,51,53,55-59H2,1-11H3,(H2,99,104)(H,100,110)(H,103,117)(H2,98,101,102)/b14-12?,17-13+,62-18?,66-50+/t61-,63-,64-,65-,67-,68+,74+,76+,78-,79+,80-,81+,82-,88-,89+,97-/m1/s1. The summed E-state index contributed by atoms with van der Waals surface area (Å²) in [5.74, 6) is -7.14. The van der Waals surface area contributed by atoms with Crippen molar-refractivity contribution in [1.29, 1.82) is 0 Å². The number of aliphatic hydroxyl groups excluding tert-OH is 1. The van der Waals surface area contributed by atoms with Crippen molar-refractivity contribution < 1.29 is 110 Å². The van der Waals surface area contributed by atoms with Crippen LogP contribution in [-0.4, -0.2) is 305 Å². The average molecular weight is 1840 g/mol. The molecule has 3 saturated heterocycles. The molecule has 728 valence electrons. The number of ketones is 2. The molecule has 2 aromatic carbocycles. The summed E-state index contributed by atoms with van der Waals surface area (Å²) in [6.07, 6.45) is 14.2. The van der Waals surface area contributed by atoms with Crippen molar-refractivity contribution in [3.63, 3.8) is 0 Å². The highest BCUT2D eigenvalue weighted by Crippen LogP contribution is 2.40. The molecule has 16 atom stereocenters. The van der Waals surface area contributed by atoms with Crippen LogP contribution in [0.2, 0.25) is 0 Å². The lowest BCUT2D eigenvalue weighted by atomic mass is 9.78. The summed E-state index contributed by atoms with van der Waals surface area (Å²) in [6, 6.07) is 10.6. The highest BCUT2D eigenvalue weighted by molar-refractivity contribution is 6.39. The van der Waals surface area contributed by atoms with Gasteiger partial charge in [-0.3, -0.25) is 28.9 Å². The summed E-state index contributed by atoms with van der Waals surface area (Å²) in [7, 11) is 6.16. The van der Waals surface area contributed by atoms with Crippen molar-refractivity contribution >= 4 is 75.3 Å². The topological polar surface area (TPSA) is 435 Å². The minimum atomic E-state index is -2.46. The molecule has 132 heavy (non-hydrogen) atoms. The van der Waals surface area contributed by atoms with E-state index in [0.29, 0.717) is 235 Å². The third kappa shape index (κ3) is 29.2. The number of nitrogens with two attached hydrogens (primary N) is 2. The van der Waals surface area contributed by atoms with E-state index in [9.17, 15) is 43.8 Å². The Morgan fingerprint density at radius 3 is 2.11 bits per heavy atom. The zero-order valence-electron chi connectivity index (χ0n) is 78.9. The van der Waals surface area contributed by atoms with Gasteiger partial charge in [0.2, 0.25) is 17.6 Å². The second-order valence-electron chi connectivity index (χ2n) is 36.2. The number of anilines is 2. The fraction of sp³-hybridized carbons (Fsp3) is 0.660. The number of ether oxygens (including phenoxy) is 13. The highest BCUT2D eigenvalue weighted by atomic mass is 16.6. The lowest BCUT2D eigenvalue weighted by Gasteiger charge is -2.43. The molecule has 0 spiro atoms. The lowest BCUT2D eigenvalue weighted by Crippen LogP contribution is -2.61. The van der Waals surface area contributed by atoms with E-state index in [2.05, 4.69) is 48.7 Å². The molecule has 0 radical (unpaired) electrons. The van der Waals surface area contributed by atoms with Crippen LogP contribution >= 0.6 is 0 Å². The van der Waals surface area contributed by atoms with Crippen LogP contribution in [0.3, 0.4) is 0 Å². The van der Waals surface area contributed by atoms with E-state index in [1.807, 2.05) is 92.8 Å². The molecule has 0 unspecified atom stereocenters. The number of likely N-dealkylation sites (tertiary alicyclic amines) is 1. The molecule has 8 N–H and O–H groups in total. The van der Waals surface area contributed by atoms with Gasteiger partial charge >= 0.3 is 12.1 Å². The molecule has 11 rings (SSSR count). The second-order valence-corrected chi connectivity index (χ2v) is 36.2. The Morgan fingerprint density at radius 2 is 1.41 bits per heavy atom. The highest BCUT2D eigenvalue weighted by Gasteiger charge is 2.53. The minimum Gasteiger partial charge on any atom is -0.460 e. The second kappa shape index (κ2) is 51.6. The van der Waals surface area contributed by atoms with Gasteiger partial charge in [-0.25, -0.2) is 24.2 Å². The van der Waals surface area contributed by atoms with Crippen molar-refractivity contribution in [3.05, 3.63) is 107 Å². The van der Waals surface area contributed by atoms with E-state index >= 15 is 0 Å². The van der Waals surface area contributed by atoms with Gasteiger partial charge in [0.1, 0.15) is 53.8 Å². The van der Waals surface area contributed by atoms with Crippen LogP contribution in [0.25, 0.3) is 33.4 Å². The number of hydrogen-bond acceptors (Lipinski definition) is 30. The number of aromatic nitrogens is 5. The molecule has 4 amide bonds. The third-order valence-corrected chi connectivity index (χ3v) is 26.5. The zero-order chi connectivity index (χ0) is 94.4. The Bertz CT molecular complexity index is 4700. The van der Waals surface area contributed by atoms with Gasteiger partial charge in [0.05, 0.1) is 129 Å². The zero-order valence-corrected chi connectivity index (χ0v) is 78.9. The summed E-state index contributed by atoms with van der Waals surface area (Å²) < 4.78 is 84.1. The molecule has 4 fully saturated rings. The number of aliphatic hydroxyl groups is 2. The van der Waals surface area contributed by atoms with Crippen LogP contribution in [0.4, 0.5) is 16.6 Å². The lowest BCUT2D eigenvalue weighted by molar-refractivity contribution is -0.265. The number of hydrogen-bond donors (Lipinski definition) is 6. The van der Waals surface area contributed by atoms with E-state index in [-0.39, 0.29) is 79.8 Å². The molecule has 6 aliphatic rings. The molecule has 35 heteroatoms. The maximum atomic E-state index is 15.0. The van der Waals surface area contributed by atoms with Gasteiger partial charge in [-0.1, -0.05) is 89.3 Å². The number of fused-ring (bicyclic) bond motifs is 6. The number of carbonyl (C=O) groups is 7. The fourth-order valence-electron chi connectivity index (χ4n) is 18.8. The maximum absolute atomic E-state index is 15.0. The van der Waals surface area contributed by atoms with Gasteiger partial charge in [-0.15, -0.1) is 0 Å². The predicted octanol–water partition coefficient (Wildman–Crippen LogP) is 9.18. The number of Topliss-reactive ketones (excluding diaryl/α,β-unsaturated/α-hetero) is 2. The molecule has 1 aliphatic carbocycles. The van der Waals surface area contributed by atoms with Crippen LogP contribution in [0.5, 0.6) is 0 Å². The van der Waals surface area contributed by atoms with Gasteiger partial charge in [0.25, 0.3) is 17.7 Å². The number of carbonyl (C=O) groups excluding carboxylic acids is 7. The molecule has 5 aliphatic heterocycles. The smallest absolute Gasteiger partial charge is 0.407 e. The van der Waals surface area contributed by atoms with E-state index in [4.69, 9.17) is 82.6 Å². The Hall–Kier alpha value is -9.05. The predicted molar refractivity (Wildman–Crippen MR) is 492 cm³/mol. The number of cyclic esters (lactones) is 1. The quantitative estimate of drug-likeness (QED) is 0.00952. The number of benzene rings is 2. The summed E-state index contributed by atoms with van der Waals surface area (Å²) in [5, 5.41) is 35.6. The molecule has 8 heterocycles. The summed E-state index contributed by atoms with van der Waals surface area (Å²) in [4.78, 5) is 116. The molecule has 1 saturated carbocycles.